The summed E-state index contributed by atoms with van der Waals surface area (Å²) in [6.45, 7) is 1.96. The normalized spacial score (nSPS) is 23.2. The van der Waals surface area contributed by atoms with Gasteiger partial charge in [0, 0.05) is 0 Å². The van der Waals surface area contributed by atoms with Crippen LogP contribution >= 0.6 is 0 Å². The number of rotatable bonds is 2. The highest BCUT2D eigenvalue weighted by atomic mass is 32.2. The first-order valence-electron chi connectivity index (χ1n) is 8.94. The maximum Gasteiger partial charge on any atom is 0.264 e. The van der Waals surface area contributed by atoms with Crippen LogP contribution in [0, 0.1) is 6.92 Å². The van der Waals surface area contributed by atoms with Gasteiger partial charge in [-0.25, -0.2) is 8.42 Å². The van der Waals surface area contributed by atoms with Gasteiger partial charge in [0.2, 0.25) is 0 Å². The molecule has 1 aliphatic heterocycles. The van der Waals surface area contributed by atoms with Crippen molar-refractivity contribution < 1.29 is 13.2 Å². The van der Waals surface area contributed by atoms with E-state index in [9.17, 15) is 8.42 Å². The topological polar surface area (TPSA) is 46.6 Å². The Balaban J connectivity index is 1.85. The number of hydrogen-bond donors (Lipinski definition) is 0. The first-order chi connectivity index (χ1) is 12.1. The van der Waals surface area contributed by atoms with Crippen molar-refractivity contribution in [1.29, 1.82) is 0 Å². The third kappa shape index (κ3) is 2.91. The van der Waals surface area contributed by atoms with Gasteiger partial charge in [0.05, 0.1) is 16.6 Å². The van der Waals surface area contributed by atoms with E-state index >= 15 is 0 Å². The lowest BCUT2D eigenvalue weighted by molar-refractivity contribution is 0.152. The van der Waals surface area contributed by atoms with Gasteiger partial charge in [-0.1, -0.05) is 42.7 Å². The van der Waals surface area contributed by atoms with Crippen LogP contribution in [0.5, 0.6) is 5.75 Å². The van der Waals surface area contributed by atoms with Crippen LogP contribution in [0.3, 0.4) is 0 Å². The van der Waals surface area contributed by atoms with E-state index in [4.69, 9.17) is 4.74 Å². The second-order valence-corrected chi connectivity index (χ2v) is 8.76. The average Bonchev–Trinajstić information content (AvgIpc) is 2.84. The Morgan fingerprint density at radius 3 is 2.48 bits per heavy atom. The van der Waals surface area contributed by atoms with Crippen LogP contribution in [0.1, 0.15) is 37.7 Å². The standard InChI is InChI=1S/C20H23NO3S/c1-15-11-13-16(14-12-15)25(22,23)21-17-7-3-2-4-9-19(17)24-20-10-6-5-8-18(20)21/h5-6,8,10-14,17,19H,2-4,7,9H2,1H3/t17-,19-/m1/s1. The van der Waals surface area contributed by atoms with Crippen molar-refractivity contribution in [2.45, 2.75) is 56.1 Å². The van der Waals surface area contributed by atoms with E-state index in [-0.39, 0.29) is 12.1 Å². The lowest BCUT2D eigenvalue weighted by Gasteiger charge is -2.42. The summed E-state index contributed by atoms with van der Waals surface area (Å²) >= 11 is 0. The predicted molar refractivity (Wildman–Crippen MR) is 98.6 cm³/mol. The van der Waals surface area contributed by atoms with E-state index in [1.54, 1.807) is 16.4 Å². The summed E-state index contributed by atoms with van der Waals surface area (Å²) in [4.78, 5) is 0.345. The molecule has 25 heavy (non-hydrogen) atoms. The number of aryl methyl sites for hydroxylation is 1. The van der Waals surface area contributed by atoms with Gasteiger partial charge in [-0.05, 0) is 50.5 Å². The first kappa shape index (κ1) is 16.5. The molecule has 0 saturated heterocycles. The lowest BCUT2D eigenvalue weighted by Crippen LogP contribution is -2.51. The minimum atomic E-state index is -3.63. The van der Waals surface area contributed by atoms with Crippen molar-refractivity contribution in [1.82, 2.24) is 0 Å². The van der Waals surface area contributed by atoms with E-state index in [0.717, 1.165) is 37.7 Å². The van der Waals surface area contributed by atoms with Crippen LogP contribution in [-0.4, -0.2) is 20.6 Å². The van der Waals surface area contributed by atoms with E-state index in [0.29, 0.717) is 16.3 Å². The molecule has 2 atom stereocenters. The molecule has 4 nitrogen and oxygen atoms in total. The molecule has 132 valence electrons. The van der Waals surface area contributed by atoms with Crippen LogP contribution in [-0.2, 0) is 10.0 Å². The summed E-state index contributed by atoms with van der Waals surface area (Å²) in [6, 6.07) is 14.5. The van der Waals surface area contributed by atoms with Gasteiger partial charge < -0.3 is 4.74 Å². The second kappa shape index (κ2) is 6.37. The zero-order valence-corrected chi connectivity index (χ0v) is 15.2. The van der Waals surface area contributed by atoms with Gasteiger partial charge in [0.15, 0.2) is 0 Å². The summed E-state index contributed by atoms with van der Waals surface area (Å²) in [7, 11) is -3.63. The molecule has 0 unspecified atom stereocenters. The molecular formula is C20H23NO3S. The largest absolute Gasteiger partial charge is 0.486 e. The number of nitrogens with zero attached hydrogens (tertiary/aromatic N) is 1. The van der Waals surface area contributed by atoms with Gasteiger partial charge >= 0.3 is 0 Å². The average molecular weight is 357 g/mol. The quantitative estimate of drug-likeness (QED) is 0.806. The minimum Gasteiger partial charge on any atom is -0.486 e. The number of benzene rings is 2. The zero-order chi connectivity index (χ0) is 17.4. The number of ether oxygens (including phenoxy) is 1. The van der Waals surface area contributed by atoms with Crippen molar-refractivity contribution in [2.24, 2.45) is 0 Å². The van der Waals surface area contributed by atoms with Crippen LogP contribution < -0.4 is 9.04 Å². The molecule has 5 heteroatoms. The number of fused-ring (bicyclic) bond motifs is 2. The molecule has 0 amide bonds. The molecular weight excluding hydrogens is 334 g/mol. The van der Waals surface area contributed by atoms with E-state index in [2.05, 4.69) is 0 Å². The highest BCUT2D eigenvalue weighted by Gasteiger charge is 2.42. The lowest BCUT2D eigenvalue weighted by atomic mass is 10.0. The van der Waals surface area contributed by atoms with E-state index in [1.165, 1.54) is 0 Å². The number of anilines is 1. The smallest absolute Gasteiger partial charge is 0.264 e. The van der Waals surface area contributed by atoms with E-state index in [1.807, 2.05) is 43.3 Å². The number of para-hydroxylation sites is 2. The fourth-order valence-electron chi connectivity index (χ4n) is 3.87. The molecule has 2 aromatic rings. The molecule has 1 heterocycles. The molecule has 2 aliphatic rings. The number of hydrogen-bond acceptors (Lipinski definition) is 3. The Morgan fingerprint density at radius 2 is 1.68 bits per heavy atom. The molecule has 1 saturated carbocycles. The van der Waals surface area contributed by atoms with Gasteiger partial charge in [-0.3, -0.25) is 4.31 Å². The van der Waals surface area contributed by atoms with E-state index < -0.39 is 10.0 Å². The summed E-state index contributed by atoms with van der Waals surface area (Å²) < 4.78 is 34.8. The molecule has 0 spiro atoms. The van der Waals surface area contributed by atoms with Crippen molar-refractivity contribution in [2.75, 3.05) is 4.31 Å². The summed E-state index contributed by atoms with van der Waals surface area (Å²) in [5, 5.41) is 0. The molecule has 4 rings (SSSR count). The zero-order valence-electron chi connectivity index (χ0n) is 14.4. The summed E-state index contributed by atoms with van der Waals surface area (Å²) in [5.41, 5.74) is 1.71. The summed E-state index contributed by atoms with van der Waals surface area (Å²) in [5.74, 6) is 0.668. The Bertz CT molecular complexity index is 861. The van der Waals surface area contributed by atoms with Crippen LogP contribution in [0.15, 0.2) is 53.4 Å². The van der Waals surface area contributed by atoms with Crippen LogP contribution in [0.2, 0.25) is 0 Å². The molecule has 0 aromatic heterocycles. The van der Waals surface area contributed by atoms with Gasteiger partial charge in [0.1, 0.15) is 11.9 Å². The maximum atomic E-state index is 13.5. The SMILES string of the molecule is Cc1ccc(S(=O)(=O)N2c3ccccc3O[C@@H]3CCCCC[C@H]32)cc1. The third-order valence-corrected chi connectivity index (χ3v) is 7.03. The Hall–Kier alpha value is -2.01. The van der Waals surface area contributed by atoms with Gasteiger partial charge in [-0.15, -0.1) is 0 Å². The van der Waals surface area contributed by atoms with Crippen molar-refractivity contribution in [3.05, 3.63) is 54.1 Å². The minimum absolute atomic E-state index is 0.0716. The maximum absolute atomic E-state index is 13.5. The highest BCUT2D eigenvalue weighted by molar-refractivity contribution is 7.92. The van der Waals surface area contributed by atoms with Crippen molar-refractivity contribution in [3.63, 3.8) is 0 Å². The predicted octanol–water partition coefficient (Wildman–Crippen LogP) is 4.28. The highest BCUT2D eigenvalue weighted by Crippen LogP contribution is 2.43. The first-order valence-corrected chi connectivity index (χ1v) is 10.4. The van der Waals surface area contributed by atoms with Crippen molar-refractivity contribution >= 4 is 15.7 Å². The monoisotopic (exact) mass is 357 g/mol. The fraction of sp³-hybridized carbons (Fsp3) is 0.400. The number of sulfonamides is 1. The Labute approximate surface area is 149 Å². The fourth-order valence-corrected chi connectivity index (χ4v) is 5.59. The molecule has 0 bridgehead atoms. The van der Waals surface area contributed by atoms with Gasteiger partial charge in [0.25, 0.3) is 10.0 Å². The second-order valence-electron chi connectivity index (χ2n) is 6.94. The molecule has 1 aliphatic carbocycles. The van der Waals surface area contributed by atoms with Crippen LogP contribution in [0.25, 0.3) is 0 Å². The van der Waals surface area contributed by atoms with Crippen molar-refractivity contribution in [3.8, 4) is 5.75 Å². The molecule has 1 fully saturated rings. The Kier molecular flexibility index (Phi) is 4.20. The summed E-state index contributed by atoms with van der Waals surface area (Å²) in [6.07, 6.45) is 4.92. The third-order valence-electron chi connectivity index (χ3n) is 5.18. The molecule has 2 aromatic carbocycles. The van der Waals surface area contributed by atoms with Crippen LogP contribution in [0.4, 0.5) is 5.69 Å². The molecule has 0 N–H and O–H groups in total. The van der Waals surface area contributed by atoms with Gasteiger partial charge in [-0.2, -0.15) is 0 Å². The molecule has 0 radical (unpaired) electrons. The Morgan fingerprint density at radius 1 is 0.960 bits per heavy atom.